The highest BCUT2D eigenvalue weighted by Gasteiger charge is 2.15. The van der Waals surface area contributed by atoms with Crippen LogP contribution in [0.1, 0.15) is 29.9 Å². The lowest BCUT2D eigenvalue weighted by Gasteiger charge is -2.19. The van der Waals surface area contributed by atoms with E-state index in [0.29, 0.717) is 19.4 Å². The molecule has 2 rings (SSSR count). The summed E-state index contributed by atoms with van der Waals surface area (Å²) >= 11 is 0. The van der Waals surface area contributed by atoms with Gasteiger partial charge in [0.05, 0.1) is 0 Å². The van der Waals surface area contributed by atoms with Crippen molar-refractivity contribution in [1.82, 2.24) is 10.2 Å². The fourth-order valence-electron chi connectivity index (χ4n) is 2.79. The minimum absolute atomic E-state index is 0.0650. The van der Waals surface area contributed by atoms with E-state index in [1.54, 1.807) is 24.3 Å². The van der Waals surface area contributed by atoms with Crippen molar-refractivity contribution >= 4 is 12.0 Å². The van der Waals surface area contributed by atoms with Crippen molar-refractivity contribution in [1.29, 1.82) is 0 Å². The molecule has 0 atom stereocenters. The zero-order chi connectivity index (χ0) is 19.8. The van der Waals surface area contributed by atoms with Gasteiger partial charge in [-0.2, -0.15) is 0 Å². The van der Waals surface area contributed by atoms with Crippen molar-refractivity contribution in [3.8, 4) is 0 Å². The fraction of sp³-hybridized carbons (Fsp3) is 0.300. The van der Waals surface area contributed by atoms with E-state index in [1.807, 2.05) is 0 Å². The van der Waals surface area contributed by atoms with Crippen LogP contribution in [0, 0.1) is 11.6 Å². The van der Waals surface area contributed by atoms with Crippen molar-refractivity contribution in [3.05, 3.63) is 71.3 Å². The molecule has 0 aromatic heterocycles. The lowest BCUT2D eigenvalue weighted by Crippen LogP contribution is -2.38. The number of likely N-dealkylation sites (N-methyl/N-ethyl adjacent to an activating group) is 1. The molecule has 2 N–H and O–H groups in total. The average Bonchev–Trinajstić information content (AvgIpc) is 2.63. The van der Waals surface area contributed by atoms with Crippen LogP contribution in [0.25, 0.3) is 0 Å². The molecule has 0 fully saturated rings. The fourth-order valence-corrected chi connectivity index (χ4v) is 2.79. The van der Waals surface area contributed by atoms with E-state index in [4.69, 9.17) is 5.11 Å². The first kappa shape index (κ1) is 20.4. The molecule has 0 aliphatic rings. The first-order valence-corrected chi connectivity index (χ1v) is 8.58. The second kappa shape index (κ2) is 9.66. The SMILES string of the molecule is CN(CC(=O)NCCCC(c1ccc(F)cc1)c1ccc(F)cc1)C(=O)O. The number of carbonyl (C=O) groups is 2. The van der Waals surface area contributed by atoms with Crippen LogP contribution in [0.2, 0.25) is 0 Å². The van der Waals surface area contributed by atoms with E-state index < -0.39 is 6.09 Å². The highest BCUT2D eigenvalue weighted by Crippen LogP contribution is 2.29. The molecular weight excluding hydrogens is 354 g/mol. The van der Waals surface area contributed by atoms with Gasteiger partial charge in [0.25, 0.3) is 0 Å². The largest absolute Gasteiger partial charge is 0.465 e. The standard InChI is InChI=1S/C20H22F2N2O3/c1-24(20(26)27)13-19(25)23-12-2-3-18(14-4-8-16(21)9-5-14)15-6-10-17(22)11-7-15/h4-11,18H,2-3,12-13H2,1H3,(H,23,25)(H,26,27). The Morgan fingerprint density at radius 3 is 1.93 bits per heavy atom. The smallest absolute Gasteiger partial charge is 0.407 e. The summed E-state index contributed by atoms with van der Waals surface area (Å²) in [6.45, 7) is 0.153. The average molecular weight is 376 g/mol. The third kappa shape index (κ3) is 6.36. The number of halogens is 2. The van der Waals surface area contributed by atoms with Gasteiger partial charge in [-0.1, -0.05) is 24.3 Å². The molecule has 2 aromatic rings. The Morgan fingerprint density at radius 1 is 1.00 bits per heavy atom. The predicted molar refractivity (Wildman–Crippen MR) is 97.5 cm³/mol. The van der Waals surface area contributed by atoms with Gasteiger partial charge in [-0.3, -0.25) is 4.79 Å². The van der Waals surface area contributed by atoms with Crippen molar-refractivity contribution < 1.29 is 23.5 Å². The lowest BCUT2D eigenvalue weighted by molar-refractivity contribution is -0.121. The third-order valence-electron chi connectivity index (χ3n) is 4.24. The zero-order valence-corrected chi connectivity index (χ0v) is 15.0. The summed E-state index contributed by atoms with van der Waals surface area (Å²) in [7, 11) is 1.32. The van der Waals surface area contributed by atoms with Gasteiger partial charge in [0.1, 0.15) is 18.2 Å². The Bertz CT molecular complexity index is 718. The van der Waals surface area contributed by atoms with Crippen LogP contribution >= 0.6 is 0 Å². The second-order valence-electron chi connectivity index (χ2n) is 6.29. The highest BCUT2D eigenvalue weighted by molar-refractivity contribution is 5.81. The third-order valence-corrected chi connectivity index (χ3v) is 4.24. The highest BCUT2D eigenvalue weighted by atomic mass is 19.1. The molecule has 0 bridgehead atoms. The molecule has 0 saturated carbocycles. The number of hydrogen-bond acceptors (Lipinski definition) is 2. The molecule has 0 spiro atoms. The van der Waals surface area contributed by atoms with E-state index in [-0.39, 0.29) is 30.0 Å². The van der Waals surface area contributed by atoms with Crippen LogP contribution in [-0.2, 0) is 4.79 Å². The zero-order valence-electron chi connectivity index (χ0n) is 15.0. The molecule has 0 aliphatic heterocycles. The number of nitrogens with one attached hydrogen (secondary N) is 1. The van der Waals surface area contributed by atoms with E-state index in [2.05, 4.69) is 5.32 Å². The predicted octanol–water partition coefficient (Wildman–Crippen LogP) is 3.60. The summed E-state index contributed by atoms with van der Waals surface area (Å²) < 4.78 is 26.4. The van der Waals surface area contributed by atoms with Crippen molar-refractivity contribution in [2.45, 2.75) is 18.8 Å². The second-order valence-corrected chi connectivity index (χ2v) is 6.29. The van der Waals surface area contributed by atoms with Gasteiger partial charge >= 0.3 is 6.09 Å². The summed E-state index contributed by atoms with van der Waals surface area (Å²) in [6, 6.07) is 12.3. The molecule has 0 aliphatic carbocycles. The molecule has 27 heavy (non-hydrogen) atoms. The molecule has 7 heteroatoms. The van der Waals surface area contributed by atoms with Crippen LogP contribution in [-0.4, -0.2) is 42.1 Å². The maximum Gasteiger partial charge on any atom is 0.407 e. The Morgan fingerprint density at radius 2 is 1.48 bits per heavy atom. The van der Waals surface area contributed by atoms with Crippen LogP contribution < -0.4 is 5.32 Å². The summed E-state index contributed by atoms with van der Waals surface area (Å²) in [5.74, 6) is -1.09. The number of benzene rings is 2. The molecular formula is C20H22F2N2O3. The molecule has 5 nitrogen and oxygen atoms in total. The van der Waals surface area contributed by atoms with Gasteiger partial charge in [-0.15, -0.1) is 0 Å². The van der Waals surface area contributed by atoms with E-state index in [0.717, 1.165) is 16.0 Å². The minimum atomic E-state index is -1.17. The van der Waals surface area contributed by atoms with E-state index in [1.165, 1.54) is 31.3 Å². The van der Waals surface area contributed by atoms with Gasteiger partial charge in [0.15, 0.2) is 0 Å². The topological polar surface area (TPSA) is 69.6 Å². The van der Waals surface area contributed by atoms with Crippen LogP contribution in [0.5, 0.6) is 0 Å². The van der Waals surface area contributed by atoms with Crippen molar-refractivity contribution in [3.63, 3.8) is 0 Å². The first-order chi connectivity index (χ1) is 12.9. The summed E-state index contributed by atoms with van der Waals surface area (Å²) in [5, 5.41) is 11.4. The van der Waals surface area contributed by atoms with E-state index >= 15 is 0 Å². The molecule has 0 radical (unpaired) electrons. The molecule has 0 saturated heterocycles. The number of amides is 2. The van der Waals surface area contributed by atoms with Crippen molar-refractivity contribution in [2.75, 3.05) is 20.1 Å². The Labute approximate surface area is 156 Å². The monoisotopic (exact) mass is 376 g/mol. The quantitative estimate of drug-likeness (QED) is 0.692. The number of carboxylic acid groups (broad SMARTS) is 1. The van der Waals surface area contributed by atoms with Crippen LogP contribution in [0.15, 0.2) is 48.5 Å². The number of rotatable bonds is 8. The Kier molecular flexibility index (Phi) is 7.28. The minimum Gasteiger partial charge on any atom is -0.465 e. The number of carbonyl (C=O) groups excluding carboxylic acids is 1. The molecule has 0 unspecified atom stereocenters. The molecule has 0 heterocycles. The summed E-state index contributed by atoms with van der Waals surface area (Å²) in [6.07, 6.45) is 0.117. The van der Waals surface area contributed by atoms with E-state index in [9.17, 15) is 18.4 Å². The van der Waals surface area contributed by atoms with Crippen LogP contribution in [0.4, 0.5) is 13.6 Å². The van der Waals surface area contributed by atoms with Gasteiger partial charge in [0.2, 0.25) is 5.91 Å². The summed E-state index contributed by atoms with van der Waals surface area (Å²) in [4.78, 5) is 23.3. The van der Waals surface area contributed by atoms with Gasteiger partial charge in [-0.25, -0.2) is 13.6 Å². The molecule has 2 aromatic carbocycles. The van der Waals surface area contributed by atoms with Gasteiger partial charge < -0.3 is 15.3 Å². The molecule has 2 amide bonds. The first-order valence-electron chi connectivity index (χ1n) is 8.58. The maximum absolute atomic E-state index is 13.2. The van der Waals surface area contributed by atoms with Crippen LogP contribution in [0.3, 0.4) is 0 Å². The molecule has 144 valence electrons. The van der Waals surface area contributed by atoms with Gasteiger partial charge in [-0.05, 0) is 48.2 Å². The Hall–Kier alpha value is -2.96. The Balaban J connectivity index is 1.96. The van der Waals surface area contributed by atoms with Crippen molar-refractivity contribution in [2.24, 2.45) is 0 Å². The normalized spacial score (nSPS) is 10.7. The van der Waals surface area contributed by atoms with Gasteiger partial charge in [0, 0.05) is 19.5 Å². The number of hydrogen-bond donors (Lipinski definition) is 2. The maximum atomic E-state index is 13.2. The lowest BCUT2D eigenvalue weighted by atomic mass is 9.87. The summed E-state index contributed by atoms with van der Waals surface area (Å²) in [5.41, 5.74) is 1.81. The number of nitrogens with zero attached hydrogens (tertiary/aromatic N) is 1.